The fourth-order valence-electron chi connectivity index (χ4n) is 1.03. The van der Waals surface area contributed by atoms with Crippen molar-refractivity contribution in [2.75, 3.05) is 5.73 Å². The zero-order chi connectivity index (χ0) is 10.8. The van der Waals surface area contributed by atoms with E-state index in [1.165, 1.54) is 0 Å². The third-order valence-corrected chi connectivity index (χ3v) is 2.07. The van der Waals surface area contributed by atoms with Gasteiger partial charge in [-0.3, -0.25) is 0 Å². The Balaban J connectivity index is 3.07. The summed E-state index contributed by atoms with van der Waals surface area (Å²) in [6.45, 7) is 2.04. The van der Waals surface area contributed by atoms with Gasteiger partial charge in [0.15, 0.2) is 5.82 Å². The van der Waals surface area contributed by atoms with Crippen LogP contribution in [0.4, 0.5) is 5.82 Å². The van der Waals surface area contributed by atoms with Crippen LogP contribution >= 0.6 is 34.8 Å². The van der Waals surface area contributed by atoms with Crippen LogP contribution in [-0.2, 0) is 10.2 Å². The van der Waals surface area contributed by atoms with Gasteiger partial charge in [0.05, 0.1) is 0 Å². The Kier molecular flexibility index (Phi) is 3.81. The van der Waals surface area contributed by atoms with E-state index >= 15 is 0 Å². The summed E-state index contributed by atoms with van der Waals surface area (Å²) >= 11 is 17.0. The summed E-state index contributed by atoms with van der Waals surface area (Å²) in [4.78, 5) is 7.97. The molecule has 3 nitrogen and oxygen atoms in total. The molecule has 0 fully saturated rings. The van der Waals surface area contributed by atoms with Crippen molar-refractivity contribution in [2.45, 2.75) is 23.6 Å². The molecule has 0 spiro atoms. The Hall–Kier alpha value is -0.250. The lowest BCUT2D eigenvalue weighted by molar-refractivity contribution is 0.843. The number of nitrogens with two attached hydrogens (primary N) is 1. The van der Waals surface area contributed by atoms with Crippen molar-refractivity contribution in [3.63, 3.8) is 0 Å². The highest BCUT2D eigenvalue weighted by atomic mass is 35.6. The average molecular weight is 255 g/mol. The van der Waals surface area contributed by atoms with Crippen molar-refractivity contribution in [1.29, 1.82) is 0 Å². The topological polar surface area (TPSA) is 51.8 Å². The molecule has 0 saturated heterocycles. The van der Waals surface area contributed by atoms with Gasteiger partial charge in [-0.25, -0.2) is 9.97 Å². The number of anilines is 1. The maximum atomic E-state index is 5.65. The first-order valence-electron chi connectivity index (χ1n) is 4.14. The first-order valence-corrected chi connectivity index (χ1v) is 5.27. The minimum absolute atomic E-state index is 0.131. The van der Waals surface area contributed by atoms with Gasteiger partial charge >= 0.3 is 0 Å². The summed E-state index contributed by atoms with van der Waals surface area (Å²) < 4.78 is -1.61. The van der Waals surface area contributed by atoms with Gasteiger partial charge < -0.3 is 5.73 Å². The monoisotopic (exact) mass is 253 g/mol. The van der Waals surface area contributed by atoms with E-state index in [9.17, 15) is 0 Å². The van der Waals surface area contributed by atoms with Gasteiger partial charge in [-0.2, -0.15) is 0 Å². The third-order valence-electron chi connectivity index (χ3n) is 1.56. The molecule has 0 radical (unpaired) electrons. The molecule has 0 saturated carbocycles. The van der Waals surface area contributed by atoms with E-state index in [0.29, 0.717) is 5.82 Å². The van der Waals surface area contributed by atoms with Crippen molar-refractivity contribution < 1.29 is 0 Å². The SMILES string of the molecule is CCCc1cc(N)nc(C(Cl)(Cl)Cl)n1. The number of nitrogen functional groups attached to an aromatic ring is 1. The average Bonchev–Trinajstić information content (AvgIpc) is 2.02. The van der Waals surface area contributed by atoms with Gasteiger partial charge in [0.25, 0.3) is 0 Å². The van der Waals surface area contributed by atoms with Crippen LogP contribution in [0.25, 0.3) is 0 Å². The second kappa shape index (κ2) is 4.51. The molecule has 1 heterocycles. The van der Waals surface area contributed by atoms with Crippen LogP contribution in [0.1, 0.15) is 24.9 Å². The molecule has 0 aliphatic rings. The highest BCUT2D eigenvalue weighted by molar-refractivity contribution is 6.66. The molecule has 0 unspecified atom stereocenters. The van der Waals surface area contributed by atoms with Crippen molar-refractivity contribution in [3.8, 4) is 0 Å². The fourth-order valence-corrected chi connectivity index (χ4v) is 1.28. The van der Waals surface area contributed by atoms with Gasteiger partial charge in [0, 0.05) is 11.8 Å². The molecule has 0 bridgehead atoms. The number of nitrogens with zero attached hydrogens (tertiary/aromatic N) is 2. The predicted octanol–water partition coefficient (Wildman–Crippen LogP) is 2.84. The molecule has 1 rings (SSSR count). The molecular weight excluding hydrogens is 244 g/mol. The molecule has 0 atom stereocenters. The van der Waals surface area contributed by atoms with Crippen LogP contribution in [0, 0.1) is 0 Å². The summed E-state index contributed by atoms with van der Waals surface area (Å²) in [6.07, 6.45) is 1.75. The molecule has 0 aliphatic carbocycles. The summed E-state index contributed by atoms with van der Waals surface area (Å²) in [6, 6.07) is 1.68. The lowest BCUT2D eigenvalue weighted by Gasteiger charge is -2.10. The molecule has 2 N–H and O–H groups in total. The van der Waals surface area contributed by atoms with Crippen molar-refractivity contribution in [3.05, 3.63) is 17.6 Å². The standard InChI is InChI=1S/C8H10Cl3N3/c1-2-3-5-4-6(12)14-7(13-5)8(9,10)11/h4H,2-3H2,1H3,(H2,12,13,14). The molecule has 14 heavy (non-hydrogen) atoms. The number of aryl methyl sites for hydroxylation is 1. The van der Waals surface area contributed by atoms with E-state index in [1.54, 1.807) is 6.07 Å². The molecule has 1 aromatic rings. The fraction of sp³-hybridized carbons (Fsp3) is 0.500. The lowest BCUT2D eigenvalue weighted by atomic mass is 10.2. The number of aromatic nitrogens is 2. The van der Waals surface area contributed by atoms with Crippen LogP contribution < -0.4 is 5.73 Å². The second-order valence-electron chi connectivity index (χ2n) is 2.86. The first kappa shape index (κ1) is 11.8. The van der Waals surface area contributed by atoms with Gasteiger partial charge in [0.1, 0.15) is 5.82 Å². The normalized spacial score (nSPS) is 11.7. The molecular formula is C8H10Cl3N3. The number of halogens is 3. The van der Waals surface area contributed by atoms with Crippen molar-refractivity contribution in [2.24, 2.45) is 0 Å². The summed E-state index contributed by atoms with van der Waals surface area (Å²) in [5.41, 5.74) is 6.35. The molecule has 1 aromatic heterocycles. The summed E-state index contributed by atoms with van der Waals surface area (Å²) in [5.74, 6) is 0.454. The number of alkyl halides is 3. The van der Waals surface area contributed by atoms with Crippen LogP contribution in [0.5, 0.6) is 0 Å². The van der Waals surface area contributed by atoms with Crippen LogP contribution in [-0.4, -0.2) is 9.97 Å². The van der Waals surface area contributed by atoms with Gasteiger partial charge in [-0.15, -0.1) is 0 Å². The van der Waals surface area contributed by atoms with Crippen LogP contribution in [0.15, 0.2) is 6.07 Å². The van der Waals surface area contributed by atoms with E-state index in [2.05, 4.69) is 9.97 Å². The maximum Gasteiger partial charge on any atom is 0.250 e. The van der Waals surface area contributed by atoms with Crippen LogP contribution in [0.2, 0.25) is 0 Å². The van der Waals surface area contributed by atoms with Crippen LogP contribution in [0.3, 0.4) is 0 Å². The molecule has 6 heteroatoms. The lowest BCUT2D eigenvalue weighted by Crippen LogP contribution is -2.11. The van der Waals surface area contributed by atoms with E-state index in [-0.39, 0.29) is 5.82 Å². The minimum atomic E-state index is -1.61. The van der Waals surface area contributed by atoms with E-state index in [1.807, 2.05) is 6.92 Å². The third kappa shape index (κ3) is 3.15. The highest BCUT2D eigenvalue weighted by Gasteiger charge is 2.27. The second-order valence-corrected chi connectivity index (χ2v) is 5.14. The summed E-state index contributed by atoms with van der Waals surface area (Å²) in [7, 11) is 0. The van der Waals surface area contributed by atoms with Gasteiger partial charge in [-0.05, 0) is 6.42 Å². The van der Waals surface area contributed by atoms with E-state index in [4.69, 9.17) is 40.5 Å². The zero-order valence-corrected chi connectivity index (χ0v) is 9.87. The Morgan fingerprint density at radius 1 is 1.36 bits per heavy atom. The number of rotatable bonds is 2. The Morgan fingerprint density at radius 3 is 2.50 bits per heavy atom. The Labute approximate surface area is 97.6 Å². The predicted molar refractivity (Wildman–Crippen MR) is 59.7 cm³/mol. The van der Waals surface area contributed by atoms with Gasteiger partial charge in [-0.1, -0.05) is 48.1 Å². The smallest absolute Gasteiger partial charge is 0.250 e. The molecule has 0 aromatic carbocycles. The van der Waals surface area contributed by atoms with E-state index in [0.717, 1.165) is 18.5 Å². The molecule has 78 valence electrons. The van der Waals surface area contributed by atoms with Crippen molar-refractivity contribution in [1.82, 2.24) is 9.97 Å². The molecule has 0 aliphatic heterocycles. The van der Waals surface area contributed by atoms with E-state index < -0.39 is 3.79 Å². The highest BCUT2D eigenvalue weighted by Crippen LogP contribution is 2.36. The Bertz CT molecular complexity index is 322. The van der Waals surface area contributed by atoms with Crippen molar-refractivity contribution >= 4 is 40.6 Å². The first-order chi connectivity index (χ1) is 6.43. The minimum Gasteiger partial charge on any atom is -0.384 e. The summed E-state index contributed by atoms with van der Waals surface area (Å²) in [5, 5.41) is 0. The molecule has 0 amide bonds. The Morgan fingerprint density at radius 2 is 2.00 bits per heavy atom. The maximum absolute atomic E-state index is 5.65. The number of hydrogen-bond donors (Lipinski definition) is 1. The quantitative estimate of drug-likeness (QED) is 0.826. The van der Waals surface area contributed by atoms with Gasteiger partial charge in [0.2, 0.25) is 3.79 Å². The largest absolute Gasteiger partial charge is 0.384 e. The number of hydrogen-bond acceptors (Lipinski definition) is 3. The zero-order valence-electron chi connectivity index (χ0n) is 7.60.